The fourth-order valence-electron chi connectivity index (χ4n) is 0.605. The molecule has 0 amide bonds. The summed E-state index contributed by atoms with van der Waals surface area (Å²) in [5.74, 6) is -1.11. The SMILES string of the molecule is O=C(O)Cn1c(O)csc1=S. The highest BCUT2D eigenvalue weighted by Crippen LogP contribution is 2.16. The van der Waals surface area contributed by atoms with Crippen LogP contribution >= 0.6 is 23.6 Å². The molecule has 0 radical (unpaired) electrons. The molecule has 1 heterocycles. The highest BCUT2D eigenvalue weighted by molar-refractivity contribution is 7.73. The summed E-state index contributed by atoms with van der Waals surface area (Å²) >= 11 is 5.89. The lowest BCUT2D eigenvalue weighted by Crippen LogP contribution is -2.07. The zero-order valence-corrected chi connectivity index (χ0v) is 6.98. The van der Waals surface area contributed by atoms with Crippen LogP contribution in [-0.4, -0.2) is 20.7 Å². The monoisotopic (exact) mass is 191 g/mol. The maximum atomic E-state index is 10.2. The van der Waals surface area contributed by atoms with Crippen molar-refractivity contribution < 1.29 is 15.0 Å². The van der Waals surface area contributed by atoms with Gasteiger partial charge in [0.2, 0.25) is 5.88 Å². The Bertz CT molecular complexity index is 327. The molecule has 4 nitrogen and oxygen atoms in total. The van der Waals surface area contributed by atoms with Gasteiger partial charge in [0, 0.05) is 0 Å². The minimum atomic E-state index is -1.02. The van der Waals surface area contributed by atoms with Crippen LogP contribution in [0.15, 0.2) is 5.38 Å². The fourth-order valence-corrected chi connectivity index (χ4v) is 1.53. The number of hydrogen-bond acceptors (Lipinski definition) is 4. The van der Waals surface area contributed by atoms with Crippen molar-refractivity contribution in [3.05, 3.63) is 9.33 Å². The molecule has 0 unspecified atom stereocenters. The standard InChI is InChI=1S/C5H5NO3S2/c7-3-2-11-5(10)6(3)1-4(8)9/h2,7H,1H2,(H,8,9). The molecule has 0 fully saturated rings. The van der Waals surface area contributed by atoms with E-state index in [2.05, 4.69) is 0 Å². The van der Waals surface area contributed by atoms with Crippen molar-refractivity contribution >= 4 is 29.5 Å². The molecule has 0 aromatic carbocycles. The van der Waals surface area contributed by atoms with E-state index in [1.54, 1.807) is 0 Å². The number of nitrogens with zero attached hydrogens (tertiary/aromatic N) is 1. The third kappa shape index (κ3) is 1.78. The van der Waals surface area contributed by atoms with Gasteiger partial charge in [0.15, 0.2) is 3.95 Å². The van der Waals surface area contributed by atoms with Crippen LogP contribution < -0.4 is 0 Å². The van der Waals surface area contributed by atoms with E-state index < -0.39 is 5.97 Å². The van der Waals surface area contributed by atoms with Gasteiger partial charge in [-0.15, -0.1) is 11.3 Å². The Morgan fingerprint density at radius 3 is 2.82 bits per heavy atom. The molecule has 0 atom stereocenters. The molecule has 2 N–H and O–H groups in total. The number of aromatic hydroxyl groups is 1. The van der Waals surface area contributed by atoms with Gasteiger partial charge >= 0.3 is 5.97 Å². The maximum Gasteiger partial charge on any atom is 0.323 e. The quantitative estimate of drug-likeness (QED) is 0.686. The lowest BCUT2D eigenvalue weighted by Gasteiger charge is -1.97. The van der Waals surface area contributed by atoms with Crippen LogP contribution in [-0.2, 0) is 11.3 Å². The number of carbonyl (C=O) groups is 1. The van der Waals surface area contributed by atoms with Crippen molar-refractivity contribution in [3.63, 3.8) is 0 Å². The molecule has 0 aliphatic carbocycles. The highest BCUT2D eigenvalue weighted by Gasteiger charge is 2.05. The van der Waals surface area contributed by atoms with Gasteiger partial charge in [0.25, 0.3) is 0 Å². The first-order valence-electron chi connectivity index (χ1n) is 2.70. The van der Waals surface area contributed by atoms with Gasteiger partial charge in [0.05, 0.1) is 5.38 Å². The third-order valence-corrected chi connectivity index (χ3v) is 2.32. The molecule has 0 aliphatic heterocycles. The number of hydrogen-bond donors (Lipinski definition) is 2. The first-order valence-corrected chi connectivity index (χ1v) is 3.99. The second kappa shape index (κ2) is 3.02. The van der Waals surface area contributed by atoms with Crippen LogP contribution in [0.5, 0.6) is 5.88 Å². The number of carboxylic acids is 1. The van der Waals surface area contributed by atoms with E-state index >= 15 is 0 Å². The van der Waals surface area contributed by atoms with E-state index in [0.717, 1.165) is 15.9 Å². The number of carboxylic acid groups (broad SMARTS) is 1. The first-order chi connectivity index (χ1) is 5.11. The average Bonchev–Trinajstić information content (AvgIpc) is 2.18. The predicted molar refractivity (Wildman–Crippen MR) is 42.4 cm³/mol. The Morgan fingerprint density at radius 1 is 1.82 bits per heavy atom. The van der Waals surface area contributed by atoms with Crippen LogP contribution in [0.4, 0.5) is 0 Å². The van der Waals surface area contributed by atoms with Crippen molar-refractivity contribution in [2.75, 3.05) is 0 Å². The third-order valence-electron chi connectivity index (χ3n) is 1.06. The topological polar surface area (TPSA) is 62.5 Å². The van der Waals surface area contributed by atoms with Crippen molar-refractivity contribution in [2.24, 2.45) is 0 Å². The average molecular weight is 191 g/mol. The molecule has 11 heavy (non-hydrogen) atoms. The lowest BCUT2D eigenvalue weighted by molar-refractivity contribution is -0.137. The molecule has 1 rings (SSSR count). The van der Waals surface area contributed by atoms with E-state index in [9.17, 15) is 4.79 Å². The van der Waals surface area contributed by atoms with E-state index in [0.29, 0.717) is 3.95 Å². The van der Waals surface area contributed by atoms with Gasteiger partial charge in [-0.2, -0.15) is 0 Å². The molecule has 60 valence electrons. The normalized spacial score (nSPS) is 9.82. The van der Waals surface area contributed by atoms with Gasteiger partial charge in [0.1, 0.15) is 6.54 Å². The van der Waals surface area contributed by atoms with Gasteiger partial charge in [-0.1, -0.05) is 0 Å². The second-order valence-corrected chi connectivity index (χ2v) is 3.34. The molecule has 0 aliphatic rings. The van der Waals surface area contributed by atoms with Crippen LogP contribution in [0.25, 0.3) is 0 Å². The number of thiazole rings is 1. The lowest BCUT2D eigenvalue weighted by atomic mass is 10.6. The van der Waals surface area contributed by atoms with Crippen molar-refractivity contribution in [2.45, 2.75) is 6.54 Å². The number of aliphatic carboxylic acids is 1. The number of aromatic nitrogens is 1. The maximum absolute atomic E-state index is 10.2. The molecule has 0 bridgehead atoms. The molecular weight excluding hydrogens is 186 g/mol. The summed E-state index contributed by atoms with van der Waals surface area (Å²) in [6.45, 7) is -0.284. The van der Waals surface area contributed by atoms with E-state index in [1.807, 2.05) is 0 Å². The van der Waals surface area contributed by atoms with E-state index in [1.165, 1.54) is 5.38 Å². The molecule has 1 aromatic heterocycles. The summed E-state index contributed by atoms with van der Waals surface area (Å²) < 4.78 is 1.52. The Hall–Kier alpha value is -0.880. The molecule has 1 aromatic rings. The Morgan fingerprint density at radius 2 is 2.45 bits per heavy atom. The molecule has 0 saturated carbocycles. The Balaban J connectivity index is 3.01. The van der Waals surface area contributed by atoms with E-state index in [4.69, 9.17) is 22.4 Å². The summed E-state index contributed by atoms with van der Waals surface area (Å²) in [6, 6.07) is 0. The van der Waals surface area contributed by atoms with Crippen LogP contribution in [0.3, 0.4) is 0 Å². The number of rotatable bonds is 2. The Labute approximate surface area is 71.3 Å². The van der Waals surface area contributed by atoms with E-state index in [-0.39, 0.29) is 12.4 Å². The molecular formula is C5H5NO3S2. The minimum Gasteiger partial charge on any atom is -0.494 e. The smallest absolute Gasteiger partial charge is 0.323 e. The van der Waals surface area contributed by atoms with Crippen LogP contribution in [0.1, 0.15) is 0 Å². The second-order valence-electron chi connectivity index (χ2n) is 1.84. The first kappa shape index (κ1) is 8.22. The fraction of sp³-hybridized carbons (Fsp3) is 0.200. The zero-order chi connectivity index (χ0) is 8.43. The van der Waals surface area contributed by atoms with Crippen molar-refractivity contribution in [1.29, 1.82) is 0 Å². The van der Waals surface area contributed by atoms with Gasteiger partial charge in [-0.05, 0) is 12.2 Å². The summed E-state index contributed by atoms with van der Waals surface area (Å²) in [7, 11) is 0. The molecule has 0 saturated heterocycles. The highest BCUT2D eigenvalue weighted by atomic mass is 32.1. The Kier molecular flexibility index (Phi) is 2.25. The van der Waals surface area contributed by atoms with Gasteiger partial charge < -0.3 is 10.2 Å². The van der Waals surface area contributed by atoms with Crippen molar-refractivity contribution in [1.82, 2.24) is 4.57 Å². The van der Waals surface area contributed by atoms with Crippen LogP contribution in [0.2, 0.25) is 0 Å². The zero-order valence-electron chi connectivity index (χ0n) is 5.35. The van der Waals surface area contributed by atoms with Crippen molar-refractivity contribution in [3.8, 4) is 5.88 Å². The largest absolute Gasteiger partial charge is 0.494 e. The summed E-state index contributed by atoms with van der Waals surface area (Å²) in [5.41, 5.74) is 0. The van der Waals surface area contributed by atoms with Crippen LogP contribution in [0, 0.1) is 3.95 Å². The summed E-state index contributed by atoms with van der Waals surface area (Å²) in [6.07, 6.45) is 0. The van der Waals surface area contributed by atoms with Gasteiger partial charge in [-0.3, -0.25) is 9.36 Å². The molecule has 6 heteroatoms. The predicted octanol–water partition coefficient (Wildman–Crippen LogP) is 1.07. The van der Waals surface area contributed by atoms with Gasteiger partial charge in [-0.25, -0.2) is 0 Å². The summed E-state index contributed by atoms with van der Waals surface area (Å²) in [4.78, 5) is 10.2. The summed E-state index contributed by atoms with van der Waals surface area (Å²) in [5, 5.41) is 18.8. The minimum absolute atomic E-state index is 0.0950. The molecule has 0 spiro atoms.